The number of amides is 1. The van der Waals surface area contributed by atoms with Gasteiger partial charge in [0.05, 0.1) is 13.2 Å². The standard InChI is InChI=1S/C17H26N2O2/c1-18-15(14-9-6-7-10-16(14)21-2)13-19-12-8-4-3-5-11-17(19)20/h6-7,9-10,15,18H,3-5,8,11-13H2,1-2H3. The molecule has 0 saturated carbocycles. The number of nitrogens with one attached hydrogen (secondary N) is 1. The summed E-state index contributed by atoms with van der Waals surface area (Å²) in [6.45, 7) is 1.57. The van der Waals surface area contributed by atoms with Crippen molar-refractivity contribution < 1.29 is 9.53 Å². The fraction of sp³-hybridized carbons (Fsp3) is 0.588. The highest BCUT2D eigenvalue weighted by Gasteiger charge is 2.21. The van der Waals surface area contributed by atoms with Crippen molar-refractivity contribution in [3.63, 3.8) is 0 Å². The van der Waals surface area contributed by atoms with Crippen molar-refractivity contribution in [1.29, 1.82) is 0 Å². The molecule has 0 spiro atoms. The highest BCUT2D eigenvalue weighted by atomic mass is 16.5. The van der Waals surface area contributed by atoms with E-state index in [1.165, 1.54) is 12.8 Å². The first-order valence-electron chi connectivity index (χ1n) is 7.84. The summed E-state index contributed by atoms with van der Waals surface area (Å²) in [5, 5.41) is 3.32. The normalized spacial score (nSPS) is 18.0. The molecule has 1 amide bonds. The molecule has 1 aliphatic rings. The number of nitrogens with zero attached hydrogens (tertiary/aromatic N) is 1. The zero-order valence-corrected chi connectivity index (χ0v) is 13.1. The Balaban J connectivity index is 2.11. The highest BCUT2D eigenvalue weighted by Crippen LogP contribution is 2.26. The minimum atomic E-state index is 0.101. The van der Waals surface area contributed by atoms with Gasteiger partial charge in [-0.2, -0.15) is 0 Å². The smallest absolute Gasteiger partial charge is 0.222 e. The van der Waals surface area contributed by atoms with Crippen molar-refractivity contribution >= 4 is 5.91 Å². The molecule has 2 rings (SSSR count). The minimum Gasteiger partial charge on any atom is -0.496 e. The van der Waals surface area contributed by atoms with Crippen LogP contribution in [0.5, 0.6) is 5.75 Å². The zero-order chi connectivity index (χ0) is 15.1. The Morgan fingerprint density at radius 1 is 1.24 bits per heavy atom. The first-order valence-corrected chi connectivity index (χ1v) is 7.84. The van der Waals surface area contributed by atoms with Gasteiger partial charge in [-0.05, 0) is 26.0 Å². The van der Waals surface area contributed by atoms with Crippen LogP contribution < -0.4 is 10.1 Å². The monoisotopic (exact) mass is 290 g/mol. The first kappa shape index (κ1) is 15.8. The van der Waals surface area contributed by atoms with E-state index >= 15 is 0 Å². The number of carbonyl (C=O) groups excluding carboxylic acids is 1. The van der Waals surface area contributed by atoms with Crippen LogP contribution >= 0.6 is 0 Å². The lowest BCUT2D eigenvalue weighted by Crippen LogP contribution is -2.39. The lowest BCUT2D eigenvalue weighted by atomic mass is 10.0. The van der Waals surface area contributed by atoms with Crippen LogP contribution in [0.4, 0.5) is 0 Å². The molecule has 21 heavy (non-hydrogen) atoms. The fourth-order valence-corrected chi connectivity index (χ4v) is 2.93. The Kier molecular flexibility index (Phi) is 6.05. The van der Waals surface area contributed by atoms with E-state index in [9.17, 15) is 4.79 Å². The second kappa shape index (κ2) is 8.03. The number of likely N-dealkylation sites (tertiary alicyclic amines) is 1. The van der Waals surface area contributed by atoms with Crippen LogP contribution in [-0.4, -0.2) is 38.1 Å². The number of para-hydroxylation sites is 1. The summed E-state index contributed by atoms with van der Waals surface area (Å²) in [7, 11) is 3.62. The van der Waals surface area contributed by atoms with E-state index in [4.69, 9.17) is 4.74 Å². The molecule has 1 aliphatic heterocycles. The summed E-state index contributed by atoms with van der Waals surface area (Å²) in [5.41, 5.74) is 1.11. The van der Waals surface area contributed by atoms with Crippen molar-refractivity contribution in [2.24, 2.45) is 0 Å². The van der Waals surface area contributed by atoms with Crippen LogP contribution in [-0.2, 0) is 4.79 Å². The van der Waals surface area contributed by atoms with Crippen molar-refractivity contribution in [1.82, 2.24) is 10.2 Å². The molecule has 0 aromatic heterocycles. The minimum absolute atomic E-state index is 0.101. The molecule has 1 heterocycles. The molecular weight excluding hydrogens is 264 g/mol. The Morgan fingerprint density at radius 2 is 2.00 bits per heavy atom. The number of ether oxygens (including phenoxy) is 1. The average molecular weight is 290 g/mol. The molecule has 4 heteroatoms. The molecule has 1 saturated heterocycles. The van der Waals surface area contributed by atoms with E-state index in [1.54, 1.807) is 7.11 Å². The summed E-state index contributed by atoms with van der Waals surface area (Å²) in [6.07, 6.45) is 5.22. The van der Waals surface area contributed by atoms with Gasteiger partial charge in [0.1, 0.15) is 5.75 Å². The maximum absolute atomic E-state index is 12.3. The Morgan fingerprint density at radius 3 is 2.76 bits per heavy atom. The maximum Gasteiger partial charge on any atom is 0.222 e. The summed E-state index contributed by atoms with van der Waals surface area (Å²) in [5.74, 6) is 1.15. The second-order valence-corrected chi connectivity index (χ2v) is 5.59. The maximum atomic E-state index is 12.3. The highest BCUT2D eigenvalue weighted by molar-refractivity contribution is 5.76. The third-order valence-corrected chi connectivity index (χ3v) is 4.19. The van der Waals surface area contributed by atoms with Gasteiger partial charge in [0.25, 0.3) is 0 Å². The van der Waals surface area contributed by atoms with Gasteiger partial charge in [0.2, 0.25) is 5.91 Å². The van der Waals surface area contributed by atoms with Gasteiger partial charge in [-0.25, -0.2) is 0 Å². The zero-order valence-electron chi connectivity index (χ0n) is 13.1. The molecule has 0 aliphatic carbocycles. The van der Waals surface area contributed by atoms with Crippen LogP contribution in [0, 0.1) is 0 Å². The fourth-order valence-electron chi connectivity index (χ4n) is 2.93. The molecule has 1 fully saturated rings. The SMILES string of the molecule is CNC(CN1CCCCCCC1=O)c1ccccc1OC. The van der Waals surface area contributed by atoms with Crippen LogP contribution in [0.2, 0.25) is 0 Å². The van der Waals surface area contributed by atoms with E-state index in [0.29, 0.717) is 13.0 Å². The van der Waals surface area contributed by atoms with E-state index in [-0.39, 0.29) is 11.9 Å². The molecule has 1 N–H and O–H groups in total. The summed E-state index contributed by atoms with van der Waals surface area (Å²) >= 11 is 0. The van der Waals surface area contributed by atoms with Crippen molar-refractivity contribution in [3.8, 4) is 5.75 Å². The molecule has 4 nitrogen and oxygen atoms in total. The number of rotatable bonds is 5. The van der Waals surface area contributed by atoms with Crippen LogP contribution in [0.25, 0.3) is 0 Å². The van der Waals surface area contributed by atoms with Crippen molar-refractivity contribution in [2.45, 2.75) is 38.1 Å². The molecule has 0 radical (unpaired) electrons. The van der Waals surface area contributed by atoms with Gasteiger partial charge in [0.15, 0.2) is 0 Å². The second-order valence-electron chi connectivity index (χ2n) is 5.59. The lowest BCUT2D eigenvalue weighted by Gasteiger charge is -2.30. The van der Waals surface area contributed by atoms with Gasteiger partial charge < -0.3 is 15.0 Å². The molecule has 1 aromatic carbocycles. The van der Waals surface area contributed by atoms with Gasteiger partial charge in [-0.15, -0.1) is 0 Å². The van der Waals surface area contributed by atoms with Crippen LogP contribution in [0.3, 0.4) is 0 Å². The van der Waals surface area contributed by atoms with Gasteiger partial charge >= 0.3 is 0 Å². The van der Waals surface area contributed by atoms with Gasteiger partial charge in [-0.3, -0.25) is 4.79 Å². The third-order valence-electron chi connectivity index (χ3n) is 4.19. The first-order chi connectivity index (χ1) is 10.3. The average Bonchev–Trinajstić information content (AvgIpc) is 2.51. The van der Waals surface area contributed by atoms with Gasteiger partial charge in [0, 0.05) is 25.1 Å². The quantitative estimate of drug-likeness (QED) is 0.906. The molecular formula is C17H26N2O2. The van der Waals surface area contributed by atoms with E-state index in [1.807, 2.05) is 30.1 Å². The number of hydrogen-bond donors (Lipinski definition) is 1. The number of benzene rings is 1. The Bertz CT molecular complexity index is 462. The number of likely N-dealkylation sites (N-methyl/N-ethyl adjacent to an activating group) is 1. The summed E-state index contributed by atoms with van der Waals surface area (Å²) < 4.78 is 5.45. The van der Waals surface area contributed by atoms with Gasteiger partial charge in [-0.1, -0.05) is 31.0 Å². The molecule has 116 valence electrons. The predicted octanol–water partition coefficient (Wildman–Crippen LogP) is 2.75. The van der Waals surface area contributed by atoms with E-state index in [2.05, 4.69) is 11.4 Å². The summed E-state index contributed by atoms with van der Waals surface area (Å²) in [4.78, 5) is 14.3. The van der Waals surface area contributed by atoms with Crippen molar-refractivity contribution in [3.05, 3.63) is 29.8 Å². The number of hydrogen-bond acceptors (Lipinski definition) is 3. The number of methoxy groups -OCH3 is 1. The molecule has 0 bridgehead atoms. The topological polar surface area (TPSA) is 41.6 Å². The Labute approximate surface area is 127 Å². The van der Waals surface area contributed by atoms with Crippen LogP contribution in [0.15, 0.2) is 24.3 Å². The largest absolute Gasteiger partial charge is 0.496 e. The predicted molar refractivity (Wildman–Crippen MR) is 84.5 cm³/mol. The van der Waals surface area contributed by atoms with E-state index < -0.39 is 0 Å². The van der Waals surface area contributed by atoms with Crippen molar-refractivity contribution in [2.75, 3.05) is 27.2 Å². The molecule has 1 atom stereocenters. The lowest BCUT2D eigenvalue weighted by molar-refractivity contribution is -0.132. The van der Waals surface area contributed by atoms with Crippen LogP contribution in [0.1, 0.15) is 43.7 Å². The summed E-state index contributed by atoms with van der Waals surface area (Å²) in [6, 6.07) is 8.11. The third kappa shape index (κ3) is 4.21. The Hall–Kier alpha value is -1.55. The molecule has 1 aromatic rings. The number of carbonyl (C=O) groups is 1. The van der Waals surface area contributed by atoms with E-state index in [0.717, 1.165) is 30.7 Å². The molecule has 1 unspecified atom stereocenters.